The van der Waals surface area contributed by atoms with Gasteiger partial charge in [-0.1, -0.05) is 12.1 Å². The predicted molar refractivity (Wildman–Crippen MR) is 116 cm³/mol. The lowest BCUT2D eigenvalue weighted by Gasteiger charge is -2.08. The number of ether oxygens (including phenoxy) is 1. The van der Waals surface area contributed by atoms with Gasteiger partial charge in [0.1, 0.15) is 4.90 Å². The average molecular weight is 446 g/mol. The molecule has 4 rings (SSSR count). The Balaban J connectivity index is 0.00000256. The largest absolute Gasteiger partial charge is 0.467 e. The number of methoxy groups -OCH3 is 1. The van der Waals surface area contributed by atoms with Gasteiger partial charge < -0.3 is 10.1 Å². The van der Waals surface area contributed by atoms with Crippen LogP contribution >= 0.6 is 12.4 Å². The first kappa shape index (κ1) is 21.7. The Bertz CT molecular complexity index is 1260. The smallest absolute Gasteiger partial charge is 0.316 e. The normalized spacial score (nSPS) is 11.3. The SMILES string of the molecule is CNCc1cn(S(=O)(=O)c2cccnc2)c2cc(-c3cnc(OC)nc3)ccc12.Cl. The Hall–Kier alpha value is -3.01. The van der Waals surface area contributed by atoms with Gasteiger partial charge in [0.15, 0.2) is 0 Å². The highest BCUT2D eigenvalue weighted by atomic mass is 35.5. The van der Waals surface area contributed by atoms with Crippen molar-refractivity contribution in [3.05, 3.63) is 66.9 Å². The third kappa shape index (κ3) is 3.87. The van der Waals surface area contributed by atoms with Crippen molar-refractivity contribution in [1.29, 1.82) is 0 Å². The predicted octanol–water partition coefficient (Wildman–Crippen LogP) is 2.88. The van der Waals surface area contributed by atoms with Crippen LogP contribution in [0.4, 0.5) is 0 Å². The van der Waals surface area contributed by atoms with E-state index in [2.05, 4.69) is 20.3 Å². The monoisotopic (exact) mass is 445 g/mol. The highest BCUT2D eigenvalue weighted by Crippen LogP contribution is 2.30. The van der Waals surface area contributed by atoms with E-state index >= 15 is 0 Å². The van der Waals surface area contributed by atoms with Crippen LogP contribution in [0.1, 0.15) is 5.56 Å². The Labute approximate surface area is 180 Å². The number of hydrogen-bond donors (Lipinski definition) is 1. The lowest BCUT2D eigenvalue weighted by atomic mass is 10.1. The van der Waals surface area contributed by atoms with Gasteiger partial charge in [-0.05, 0) is 36.4 Å². The molecule has 10 heteroatoms. The minimum Gasteiger partial charge on any atom is -0.467 e. The van der Waals surface area contributed by atoms with Crippen molar-refractivity contribution in [3.8, 4) is 17.1 Å². The van der Waals surface area contributed by atoms with E-state index in [1.807, 2.05) is 25.2 Å². The number of pyridine rings is 1. The topological polar surface area (TPSA) is 99.0 Å². The summed E-state index contributed by atoms with van der Waals surface area (Å²) in [6, 6.07) is 9.08. The zero-order chi connectivity index (χ0) is 20.4. The molecule has 0 aliphatic carbocycles. The van der Waals surface area contributed by atoms with Gasteiger partial charge in [0, 0.05) is 48.5 Å². The second-order valence-electron chi connectivity index (χ2n) is 6.36. The summed E-state index contributed by atoms with van der Waals surface area (Å²) in [5.74, 6) is 0. The van der Waals surface area contributed by atoms with Gasteiger partial charge in [-0.2, -0.15) is 0 Å². The molecule has 3 heterocycles. The van der Waals surface area contributed by atoms with E-state index in [4.69, 9.17) is 4.74 Å². The van der Waals surface area contributed by atoms with Crippen LogP contribution < -0.4 is 10.1 Å². The van der Waals surface area contributed by atoms with Crippen LogP contribution in [-0.2, 0) is 16.6 Å². The fourth-order valence-electron chi connectivity index (χ4n) is 3.16. The molecule has 1 N–H and O–H groups in total. The maximum absolute atomic E-state index is 13.3. The number of halogens is 1. The van der Waals surface area contributed by atoms with E-state index in [-0.39, 0.29) is 23.3 Å². The molecule has 0 amide bonds. The maximum atomic E-state index is 13.3. The Morgan fingerprint density at radius 2 is 1.87 bits per heavy atom. The van der Waals surface area contributed by atoms with Crippen molar-refractivity contribution < 1.29 is 13.2 Å². The minimum atomic E-state index is -3.80. The van der Waals surface area contributed by atoms with Gasteiger partial charge in [-0.3, -0.25) is 4.98 Å². The fourth-order valence-corrected chi connectivity index (χ4v) is 4.51. The second-order valence-corrected chi connectivity index (χ2v) is 8.18. The molecule has 4 aromatic rings. The molecule has 1 aromatic carbocycles. The van der Waals surface area contributed by atoms with Gasteiger partial charge in [0.2, 0.25) is 0 Å². The second kappa shape index (κ2) is 8.78. The number of hydrogen-bond acceptors (Lipinski definition) is 7. The number of rotatable bonds is 6. The lowest BCUT2D eigenvalue weighted by molar-refractivity contribution is 0.380. The van der Waals surface area contributed by atoms with E-state index in [0.717, 1.165) is 22.1 Å². The zero-order valence-corrected chi connectivity index (χ0v) is 17.9. The number of benzene rings is 1. The molecule has 30 heavy (non-hydrogen) atoms. The van der Waals surface area contributed by atoms with Crippen molar-refractivity contribution in [1.82, 2.24) is 24.2 Å². The van der Waals surface area contributed by atoms with Crippen LogP contribution in [-0.4, -0.2) is 41.5 Å². The van der Waals surface area contributed by atoms with Gasteiger partial charge in [-0.15, -0.1) is 12.4 Å². The summed E-state index contributed by atoms with van der Waals surface area (Å²) in [6.07, 6.45) is 7.83. The summed E-state index contributed by atoms with van der Waals surface area (Å²) in [5.41, 5.74) is 3.02. The molecule has 0 saturated heterocycles. The molecule has 0 atom stereocenters. The van der Waals surface area contributed by atoms with Gasteiger partial charge in [0.25, 0.3) is 10.0 Å². The molecule has 0 spiro atoms. The summed E-state index contributed by atoms with van der Waals surface area (Å²) < 4.78 is 32.8. The number of aromatic nitrogens is 4. The summed E-state index contributed by atoms with van der Waals surface area (Å²) in [4.78, 5) is 12.3. The van der Waals surface area contributed by atoms with Crippen LogP contribution in [0.3, 0.4) is 0 Å². The Kier molecular flexibility index (Phi) is 6.35. The van der Waals surface area contributed by atoms with E-state index in [1.165, 1.54) is 23.3 Å². The molecule has 156 valence electrons. The molecule has 0 aliphatic heterocycles. The summed E-state index contributed by atoms with van der Waals surface area (Å²) >= 11 is 0. The van der Waals surface area contributed by atoms with Crippen LogP contribution in [0.15, 0.2) is 66.2 Å². The van der Waals surface area contributed by atoms with E-state index in [1.54, 1.807) is 30.9 Å². The van der Waals surface area contributed by atoms with Crippen molar-refractivity contribution in [3.63, 3.8) is 0 Å². The van der Waals surface area contributed by atoms with E-state index in [0.29, 0.717) is 12.1 Å². The summed E-state index contributed by atoms with van der Waals surface area (Å²) in [7, 11) is -0.476. The summed E-state index contributed by atoms with van der Waals surface area (Å²) in [6.45, 7) is 0.539. The number of nitrogens with zero attached hydrogens (tertiary/aromatic N) is 4. The zero-order valence-electron chi connectivity index (χ0n) is 16.3. The molecular formula is C20H20ClN5O3S. The summed E-state index contributed by atoms with van der Waals surface area (Å²) in [5, 5.41) is 3.94. The molecule has 0 unspecified atom stereocenters. The molecule has 8 nitrogen and oxygen atoms in total. The third-order valence-electron chi connectivity index (χ3n) is 4.56. The average Bonchev–Trinajstić information content (AvgIpc) is 3.13. The van der Waals surface area contributed by atoms with Gasteiger partial charge in [-0.25, -0.2) is 22.4 Å². The molecule has 0 radical (unpaired) electrons. The molecular weight excluding hydrogens is 426 g/mol. The van der Waals surface area contributed by atoms with Crippen molar-refractivity contribution in [2.24, 2.45) is 0 Å². The van der Waals surface area contributed by atoms with Crippen LogP contribution in [0.25, 0.3) is 22.0 Å². The highest BCUT2D eigenvalue weighted by molar-refractivity contribution is 7.90. The molecule has 3 aromatic heterocycles. The van der Waals surface area contributed by atoms with Crippen LogP contribution in [0, 0.1) is 0 Å². The van der Waals surface area contributed by atoms with Crippen molar-refractivity contribution in [2.75, 3.05) is 14.2 Å². The minimum absolute atomic E-state index is 0. The van der Waals surface area contributed by atoms with Crippen molar-refractivity contribution in [2.45, 2.75) is 11.4 Å². The number of fused-ring (bicyclic) bond motifs is 1. The van der Waals surface area contributed by atoms with E-state index in [9.17, 15) is 8.42 Å². The first-order valence-electron chi connectivity index (χ1n) is 8.85. The molecule has 0 aliphatic rings. The van der Waals surface area contributed by atoms with Crippen LogP contribution in [0.2, 0.25) is 0 Å². The third-order valence-corrected chi connectivity index (χ3v) is 6.21. The first-order valence-corrected chi connectivity index (χ1v) is 10.3. The first-order chi connectivity index (χ1) is 14.0. The lowest BCUT2D eigenvalue weighted by Crippen LogP contribution is -2.12. The molecule has 0 saturated carbocycles. The highest BCUT2D eigenvalue weighted by Gasteiger charge is 2.21. The molecule has 0 fully saturated rings. The van der Waals surface area contributed by atoms with Gasteiger partial charge >= 0.3 is 6.01 Å². The van der Waals surface area contributed by atoms with Crippen LogP contribution in [0.5, 0.6) is 6.01 Å². The van der Waals surface area contributed by atoms with Gasteiger partial charge in [0.05, 0.1) is 12.6 Å². The Morgan fingerprint density at radius 3 is 2.50 bits per heavy atom. The Morgan fingerprint density at radius 1 is 1.10 bits per heavy atom. The quantitative estimate of drug-likeness (QED) is 0.487. The molecule has 0 bridgehead atoms. The number of nitrogens with one attached hydrogen (secondary N) is 1. The standard InChI is InChI=1S/C20H19N5O3S.ClH/c1-21-9-16-13-25(29(26,27)17-4-3-7-22-12-17)19-8-14(5-6-18(16)19)15-10-23-20(28-2)24-11-15;/h3-8,10-13,21H,9H2,1-2H3;1H. The maximum Gasteiger partial charge on any atom is 0.316 e. The fraction of sp³-hybridized carbons (Fsp3) is 0.150. The van der Waals surface area contributed by atoms with Crippen molar-refractivity contribution >= 4 is 33.3 Å². The van der Waals surface area contributed by atoms with E-state index < -0.39 is 10.0 Å².